The highest BCUT2D eigenvalue weighted by Crippen LogP contribution is 2.19. The number of methoxy groups -OCH3 is 1. The average Bonchev–Trinajstić information content (AvgIpc) is 2.31. The highest BCUT2D eigenvalue weighted by Gasteiger charge is 2.27. The zero-order valence-corrected chi connectivity index (χ0v) is 11.2. The number of carbonyl (C=O) groups is 1. The predicted octanol–water partition coefficient (Wildman–Crippen LogP) is 1.82. The smallest absolute Gasteiger partial charge is 0.256 e. The summed E-state index contributed by atoms with van der Waals surface area (Å²) in [7, 11) is 1.43. The van der Waals surface area contributed by atoms with Crippen LogP contribution in [0.2, 0.25) is 0 Å². The van der Waals surface area contributed by atoms with Gasteiger partial charge in [0.25, 0.3) is 5.91 Å². The molecule has 1 aromatic rings. The van der Waals surface area contributed by atoms with E-state index in [1.54, 1.807) is 13.8 Å². The maximum Gasteiger partial charge on any atom is 0.256 e. The number of ether oxygens (including phenoxy) is 1. The van der Waals surface area contributed by atoms with Crippen LogP contribution in [0.5, 0.6) is 0 Å². The van der Waals surface area contributed by atoms with Gasteiger partial charge in [-0.05, 0) is 32.0 Å². The minimum atomic E-state index is -0.998. The van der Waals surface area contributed by atoms with Crippen molar-refractivity contribution in [2.45, 2.75) is 19.4 Å². The maximum absolute atomic E-state index is 13.1. The summed E-state index contributed by atoms with van der Waals surface area (Å²) in [5.74, 6) is -0.837. The monoisotopic (exact) mass is 270 g/mol. The Hall–Kier alpha value is -1.53. The zero-order chi connectivity index (χ0) is 13.9. The molecule has 1 rings (SSSR count). The molecule has 0 saturated heterocycles. The lowest BCUT2D eigenvalue weighted by Crippen LogP contribution is -2.39. The Balaban J connectivity index is 3.05. The van der Waals surface area contributed by atoms with E-state index in [2.05, 4.69) is 5.32 Å². The van der Waals surface area contributed by atoms with E-state index in [9.17, 15) is 9.18 Å². The van der Waals surface area contributed by atoms with Gasteiger partial charge in [-0.15, -0.1) is 0 Å². The summed E-state index contributed by atoms with van der Waals surface area (Å²) in [6.07, 6.45) is 0. The molecule has 0 heterocycles. The van der Waals surface area contributed by atoms with Gasteiger partial charge in [-0.2, -0.15) is 0 Å². The first-order chi connectivity index (χ1) is 8.27. The second-order valence-corrected chi connectivity index (χ2v) is 4.66. The van der Waals surface area contributed by atoms with E-state index in [0.717, 1.165) is 0 Å². The number of nitrogens with two attached hydrogens (primary N) is 1. The third kappa shape index (κ3) is 3.24. The first-order valence-electron chi connectivity index (χ1n) is 5.24. The number of carbonyl (C=O) groups excluding carboxylic acids is 1. The molecule has 0 unspecified atom stereocenters. The van der Waals surface area contributed by atoms with Gasteiger partial charge >= 0.3 is 0 Å². The number of benzene rings is 1. The van der Waals surface area contributed by atoms with Gasteiger partial charge in [-0.3, -0.25) is 4.79 Å². The van der Waals surface area contributed by atoms with Gasteiger partial charge in [0.1, 0.15) is 16.4 Å². The lowest BCUT2D eigenvalue weighted by Gasteiger charge is -2.22. The second-order valence-electron chi connectivity index (χ2n) is 4.22. The number of halogens is 1. The number of anilines is 1. The molecule has 0 radical (unpaired) electrons. The van der Waals surface area contributed by atoms with Crippen LogP contribution in [0.3, 0.4) is 0 Å². The Bertz CT molecular complexity index is 489. The lowest BCUT2D eigenvalue weighted by atomic mass is 10.1. The summed E-state index contributed by atoms with van der Waals surface area (Å²) in [4.78, 5) is 11.9. The number of rotatable bonds is 4. The molecule has 0 aliphatic rings. The molecule has 6 heteroatoms. The van der Waals surface area contributed by atoms with Gasteiger partial charge in [0.15, 0.2) is 0 Å². The molecule has 4 nitrogen and oxygen atoms in total. The van der Waals surface area contributed by atoms with Crippen molar-refractivity contribution in [2.75, 3.05) is 12.4 Å². The highest BCUT2D eigenvalue weighted by molar-refractivity contribution is 7.80. The second kappa shape index (κ2) is 5.41. The van der Waals surface area contributed by atoms with Gasteiger partial charge in [0, 0.05) is 12.7 Å². The number of hydrogen-bond acceptors (Lipinski definition) is 3. The number of hydrogen-bond donors (Lipinski definition) is 2. The van der Waals surface area contributed by atoms with Crippen LogP contribution >= 0.6 is 12.2 Å². The molecule has 0 aromatic heterocycles. The molecule has 0 aliphatic heterocycles. The fourth-order valence-electron chi connectivity index (χ4n) is 1.19. The topological polar surface area (TPSA) is 64.3 Å². The van der Waals surface area contributed by atoms with Crippen molar-refractivity contribution in [1.82, 2.24) is 0 Å². The van der Waals surface area contributed by atoms with Gasteiger partial charge < -0.3 is 15.8 Å². The summed E-state index contributed by atoms with van der Waals surface area (Å²) in [6.45, 7) is 3.23. The van der Waals surface area contributed by atoms with Crippen LogP contribution in [-0.2, 0) is 9.53 Å². The molecular formula is C12H15FN2O2S. The Morgan fingerprint density at radius 3 is 2.61 bits per heavy atom. The van der Waals surface area contributed by atoms with Crippen molar-refractivity contribution < 1.29 is 13.9 Å². The Labute approximate surface area is 110 Å². The van der Waals surface area contributed by atoms with Crippen molar-refractivity contribution in [3.05, 3.63) is 29.6 Å². The van der Waals surface area contributed by atoms with Crippen LogP contribution in [0.25, 0.3) is 0 Å². The fourth-order valence-corrected chi connectivity index (χ4v) is 1.36. The molecule has 0 bridgehead atoms. The van der Waals surface area contributed by atoms with Crippen molar-refractivity contribution in [2.24, 2.45) is 5.73 Å². The molecule has 1 amide bonds. The number of amides is 1. The van der Waals surface area contributed by atoms with E-state index in [0.29, 0.717) is 5.69 Å². The van der Waals surface area contributed by atoms with Crippen molar-refractivity contribution in [1.29, 1.82) is 0 Å². The minimum Gasteiger partial charge on any atom is -0.389 e. The summed E-state index contributed by atoms with van der Waals surface area (Å²) in [5.41, 5.74) is 5.13. The molecule has 0 spiro atoms. The van der Waals surface area contributed by atoms with Crippen LogP contribution < -0.4 is 11.1 Å². The minimum absolute atomic E-state index is 0.0139. The highest BCUT2D eigenvalue weighted by atomic mass is 32.1. The molecule has 98 valence electrons. The van der Waals surface area contributed by atoms with Gasteiger partial charge in [0.2, 0.25) is 0 Å². The number of nitrogens with one attached hydrogen (secondary N) is 1. The maximum atomic E-state index is 13.1. The van der Waals surface area contributed by atoms with Crippen molar-refractivity contribution in [3.63, 3.8) is 0 Å². The van der Waals surface area contributed by atoms with E-state index in [1.807, 2.05) is 0 Å². The largest absolute Gasteiger partial charge is 0.389 e. The zero-order valence-electron chi connectivity index (χ0n) is 10.4. The normalized spacial score (nSPS) is 11.1. The van der Waals surface area contributed by atoms with E-state index < -0.39 is 11.4 Å². The fraction of sp³-hybridized carbons (Fsp3) is 0.333. The van der Waals surface area contributed by atoms with Gasteiger partial charge in [0.05, 0.1) is 5.69 Å². The van der Waals surface area contributed by atoms with Crippen molar-refractivity contribution >= 4 is 28.8 Å². The third-order valence-corrected chi connectivity index (χ3v) is 2.77. The van der Waals surface area contributed by atoms with Crippen LogP contribution in [0, 0.1) is 5.82 Å². The summed E-state index contributed by atoms with van der Waals surface area (Å²) in [6, 6.07) is 3.81. The molecule has 0 saturated carbocycles. The van der Waals surface area contributed by atoms with Crippen LogP contribution in [0.4, 0.5) is 10.1 Å². The molecular weight excluding hydrogens is 255 g/mol. The molecule has 18 heavy (non-hydrogen) atoms. The summed E-state index contributed by atoms with van der Waals surface area (Å²) >= 11 is 4.81. The van der Waals surface area contributed by atoms with Crippen LogP contribution in [0.15, 0.2) is 18.2 Å². The summed E-state index contributed by atoms with van der Waals surface area (Å²) in [5, 5.41) is 2.61. The van der Waals surface area contributed by atoms with Crippen molar-refractivity contribution in [3.8, 4) is 0 Å². The van der Waals surface area contributed by atoms with E-state index >= 15 is 0 Å². The quantitative estimate of drug-likeness (QED) is 0.819. The van der Waals surface area contributed by atoms with Gasteiger partial charge in [-0.1, -0.05) is 12.2 Å². The van der Waals surface area contributed by atoms with E-state index in [4.69, 9.17) is 22.7 Å². The molecule has 0 aliphatic carbocycles. The summed E-state index contributed by atoms with van der Waals surface area (Å²) < 4.78 is 18.1. The van der Waals surface area contributed by atoms with Gasteiger partial charge in [-0.25, -0.2) is 4.39 Å². The molecule has 0 fully saturated rings. The lowest BCUT2D eigenvalue weighted by molar-refractivity contribution is -0.133. The van der Waals surface area contributed by atoms with Crippen LogP contribution in [-0.4, -0.2) is 23.6 Å². The van der Waals surface area contributed by atoms with Crippen LogP contribution in [0.1, 0.15) is 19.4 Å². The molecule has 3 N–H and O–H groups in total. The van der Waals surface area contributed by atoms with E-state index in [-0.39, 0.29) is 16.5 Å². The predicted molar refractivity (Wildman–Crippen MR) is 72.0 cm³/mol. The first-order valence-corrected chi connectivity index (χ1v) is 5.64. The first kappa shape index (κ1) is 14.5. The number of thiocarbonyl (C=S) groups is 1. The molecule has 0 atom stereocenters. The Morgan fingerprint density at radius 1 is 1.50 bits per heavy atom. The Kier molecular flexibility index (Phi) is 4.37. The van der Waals surface area contributed by atoms with E-state index in [1.165, 1.54) is 25.3 Å². The molecule has 1 aromatic carbocycles. The standard InChI is InChI=1S/C12H15FN2O2S/c1-12(2,17-3)11(16)15-9-5-4-7(13)6-8(9)10(14)18/h4-6H,1-3H3,(H2,14,18)(H,15,16). The third-order valence-electron chi connectivity index (χ3n) is 2.55. The average molecular weight is 270 g/mol. The Morgan fingerprint density at radius 2 is 2.11 bits per heavy atom. The SMILES string of the molecule is COC(C)(C)C(=O)Nc1ccc(F)cc1C(N)=S.